The lowest BCUT2D eigenvalue weighted by molar-refractivity contribution is -0.137. The van der Waals surface area contributed by atoms with Crippen molar-refractivity contribution in [3.63, 3.8) is 0 Å². The van der Waals surface area contributed by atoms with Gasteiger partial charge < -0.3 is 10.3 Å². The maximum Gasteiger partial charge on any atom is 0.416 e. The van der Waals surface area contributed by atoms with Gasteiger partial charge in [-0.05, 0) is 42.9 Å². The molecule has 3 N–H and O–H groups in total. The van der Waals surface area contributed by atoms with Crippen LogP contribution in [0.15, 0.2) is 47.4 Å². The van der Waals surface area contributed by atoms with Gasteiger partial charge in [0.25, 0.3) is 11.5 Å². The molecule has 1 heterocycles. The zero-order chi connectivity index (χ0) is 20.2. The molecule has 0 unspecified atom stereocenters. The third-order valence-electron chi connectivity index (χ3n) is 3.67. The molecule has 0 saturated heterocycles. The van der Waals surface area contributed by atoms with Gasteiger partial charge in [-0.2, -0.15) is 13.2 Å². The van der Waals surface area contributed by atoms with Crippen LogP contribution in [0.25, 0.3) is 0 Å². The molecular formula is C17H17F3N4O2S. The molecule has 0 aliphatic carbocycles. The Bertz CT molecular complexity index is 912. The van der Waals surface area contributed by atoms with Crippen LogP contribution in [-0.4, -0.2) is 27.1 Å². The number of hydrogen-bond donors (Lipinski definition) is 2. The third-order valence-corrected chi connectivity index (χ3v) is 3.89. The van der Waals surface area contributed by atoms with E-state index in [1.54, 1.807) is 6.92 Å². The van der Waals surface area contributed by atoms with Crippen molar-refractivity contribution in [1.82, 2.24) is 15.0 Å². The second kappa shape index (κ2) is 8.21. The lowest BCUT2D eigenvalue weighted by Gasteiger charge is -2.21. The average Bonchev–Trinajstić information content (AvgIpc) is 2.60. The van der Waals surface area contributed by atoms with Gasteiger partial charge in [0, 0.05) is 18.8 Å². The number of carbonyl (C=O) groups is 1. The summed E-state index contributed by atoms with van der Waals surface area (Å²) >= 11 is 4.80. The summed E-state index contributed by atoms with van der Waals surface area (Å²) < 4.78 is 39.6. The molecule has 6 nitrogen and oxygen atoms in total. The van der Waals surface area contributed by atoms with Crippen molar-refractivity contribution in [3.8, 4) is 0 Å². The molecule has 2 aromatic rings. The fourth-order valence-corrected chi connectivity index (χ4v) is 2.48. The molecule has 0 fully saturated rings. The minimum Gasteiger partial charge on any atom is -0.375 e. The first kappa shape index (κ1) is 20.4. The molecule has 0 aliphatic rings. The van der Waals surface area contributed by atoms with E-state index in [9.17, 15) is 22.8 Å². The van der Waals surface area contributed by atoms with Crippen LogP contribution in [0.3, 0.4) is 0 Å². The van der Waals surface area contributed by atoms with Crippen LogP contribution >= 0.6 is 12.2 Å². The summed E-state index contributed by atoms with van der Waals surface area (Å²) in [7, 11) is 0. The van der Waals surface area contributed by atoms with E-state index in [2.05, 4.69) is 5.43 Å². The molecule has 10 heteroatoms. The number of hydrazine groups is 1. The zero-order valence-corrected chi connectivity index (χ0v) is 15.1. The number of nitrogens with two attached hydrogens (primary N) is 1. The highest BCUT2D eigenvalue weighted by Crippen LogP contribution is 2.29. The maximum atomic E-state index is 12.8. The number of thiocarbonyl (C=S) groups is 1. The minimum absolute atomic E-state index is 0.0249. The number of halogens is 3. The predicted octanol–water partition coefficient (Wildman–Crippen LogP) is 2.13. The fourth-order valence-electron chi connectivity index (χ4n) is 2.31. The molecule has 0 radical (unpaired) electrons. The Morgan fingerprint density at radius 3 is 2.59 bits per heavy atom. The second-order valence-electron chi connectivity index (χ2n) is 5.61. The number of nitrogens with zero attached hydrogens (tertiary/aromatic N) is 2. The van der Waals surface area contributed by atoms with Gasteiger partial charge in [0.05, 0.1) is 17.7 Å². The van der Waals surface area contributed by atoms with E-state index in [1.165, 1.54) is 35.5 Å². The van der Waals surface area contributed by atoms with Gasteiger partial charge in [-0.25, -0.2) is 0 Å². The average molecular weight is 398 g/mol. The molecule has 1 aromatic heterocycles. The van der Waals surface area contributed by atoms with Crippen molar-refractivity contribution in [1.29, 1.82) is 0 Å². The summed E-state index contributed by atoms with van der Waals surface area (Å²) in [5.41, 5.74) is 7.11. The van der Waals surface area contributed by atoms with Crippen LogP contribution in [0.4, 0.5) is 13.2 Å². The maximum absolute atomic E-state index is 12.8. The summed E-state index contributed by atoms with van der Waals surface area (Å²) in [6, 6.07) is 7.13. The number of alkyl halides is 3. The van der Waals surface area contributed by atoms with E-state index in [-0.39, 0.29) is 22.8 Å². The Morgan fingerprint density at radius 1 is 1.30 bits per heavy atom. The van der Waals surface area contributed by atoms with Crippen LogP contribution in [0.5, 0.6) is 0 Å². The van der Waals surface area contributed by atoms with Crippen LogP contribution in [0.1, 0.15) is 28.4 Å². The van der Waals surface area contributed by atoms with Crippen molar-refractivity contribution >= 4 is 23.2 Å². The predicted molar refractivity (Wildman–Crippen MR) is 97.9 cm³/mol. The lowest BCUT2D eigenvalue weighted by atomic mass is 10.1. The molecule has 0 aliphatic heterocycles. The Labute approximate surface area is 158 Å². The third kappa shape index (κ3) is 5.30. The van der Waals surface area contributed by atoms with Crippen molar-refractivity contribution in [2.75, 3.05) is 6.54 Å². The Hall–Kier alpha value is -2.88. The van der Waals surface area contributed by atoms with Gasteiger partial charge in [-0.3, -0.25) is 20.0 Å². The molecule has 0 saturated carbocycles. The van der Waals surface area contributed by atoms with Gasteiger partial charge in [0.15, 0.2) is 5.11 Å². The van der Waals surface area contributed by atoms with Crippen LogP contribution < -0.4 is 16.7 Å². The number of amides is 1. The minimum atomic E-state index is -4.48. The van der Waals surface area contributed by atoms with Gasteiger partial charge in [0.1, 0.15) is 0 Å². The first-order valence-electron chi connectivity index (χ1n) is 7.86. The van der Waals surface area contributed by atoms with Gasteiger partial charge in [-0.1, -0.05) is 12.1 Å². The van der Waals surface area contributed by atoms with Crippen molar-refractivity contribution < 1.29 is 18.0 Å². The van der Waals surface area contributed by atoms with Gasteiger partial charge in [0.2, 0.25) is 0 Å². The fraction of sp³-hybridized carbons (Fsp3) is 0.235. The smallest absolute Gasteiger partial charge is 0.375 e. The molecule has 1 aromatic carbocycles. The summed E-state index contributed by atoms with van der Waals surface area (Å²) in [6.07, 6.45) is -3.21. The summed E-state index contributed by atoms with van der Waals surface area (Å²) in [5, 5.41) is 1.23. The first-order valence-corrected chi connectivity index (χ1v) is 8.27. The monoisotopic (exact) mass is 398 g/mol. The molecule has 0 atom stereocenters. The van der Waals surface area contributed by atoms with E-state index in [0.29, 0.717) is 6.54 Å². The highest BCUT2D eigenvalue weighted by Gasteiger charge is 2.30. The molecule has 27 heavy (non-hydrogen) atoms. The molecular weight excluding hydrogens is 381 g/mol. The zero-order valence-electron chi connectivity index (χ0n) is 14.3. The van der Waals surface area contributed by atoms with Crippen LogP contribution in [0, 0.1) is 0 Å². The molecule has 2 rings (SSSR count). The van der Waals surface area contributed by atoms with Gasteiger partial charge in [-0.15, -0.1) is 0 Å². The number of carbonyl (C=O) groups excluding carboxylic acids is 1. The number of benzene rings is 1. The standard InChI is InChI=1S/C17H17F3N4O2S/c1-2-24(16(21)27)22-15(26)12-6-7-14(25)23(10-12)9-11-4-3-5-13(8-11)17(18,19)20/h3-8,10H,2,9H2,1H3,(H2,21,27)(H,22,26). The Morgan fingerprint density at radius 2 is 2.00 bits per heavy atom. The second-order valence-corrected chi connectivity index (χ2v) is 6.02. The number of hydrogen-bond acceptors (Lipinski definition) is 3. The van der Waals surface area contributed by atoms with Crippen molar-refractivity contribution in [3.05, 3.63) is 69.6 Å². The normalized spacial score (nSPS) is 11.1. The van der Waals surface area contributed by atoms with Crippen molar-refractivity contribution in [2.45, 2.75) is 19.6 Å². The Balaban J connectivity index is 2.27. The number of nitrogens with one attached hydrogen (secondary N) is 1. The molecule has 1 amide bonds. The van der Waals surface area contributed by atoms with E-state index >= 15 is 0 Å². The highest BCUT2D eigenvalue weighted by atomic mass is 32.1. The summed E-state index contributed by atoms with van der Waals surface area (Å²) in [6.45, 7) is 1.95. The number of rotatable bonds is 4. The number of pyridine rings is 1. The van der Waals surface area contributed by atoms with E-state index in [4.69, 9.17) is 18.0 Å². The van der Waals surface area contributed by atoms with E-state index in [1.807, 2.05) is 0 Å². The van der Waals surface area contributed by atoms with Gasteiger partial charge >= 0.3 is 6.18 Å². The topological polar surface area (TPSA) is 80.4 Å². The SMILES string of the molecule is CCN(NC(=O)c1ccc(=O)n(Cc2cccc(C(F)(F)F)c2)c1)C(N)=S. The molecule has 0 bridgehead atoms. The Kier molecular flexibility index (Phi) is 6.21. The first-order chi connectivity index (χ1) is 12.6. The summed E-state index contributed by atoms with van der Waals surface area (Å²) in [5.74, 6) is -0.553. The lowest BCUT2D eigenvalue weighted by Crippen LogP contribution is -2.48. The largest absolute Gasteiger partial charge is 0.416 e. The summed E-state index contributed by atoms with van der Waals surface area (Å²) in [4.78, 5) is 24.3. The van der Waals surface area contributed by atoms with Crippen LogP contribution in [0.2, 0.25) is 0 Å². The number of aromatic nitrogens is 1. The van der Waals surface area contributed by atoms with Crippen LogP contribution in [-0.2, 0) is 12.7 Å². The van der Waals surface area contributed by atoms with E-state index in [0.717, 1.165) is 16.7 Å². The highest BCUT2D eigenvalue weighted by molar-refractivity contribution is 7.80. The van der Waals surface area contributed by atoms with Crippen molar-refractivity contribution in [2.24, 2.45) is 5.73 Å². The molecule has 0 spiro atoms. The van der Waals surface area contributed by atoms with E-state index < -0.39 is 23.2 Å². The molecule has 144 valence electrons. The quantitative estimate of drug-likeness (QED) is 0.609.